The number of ether oxygens (including phenoxy) is 1. The van der Waals surface area contributed by atoms with Gasteiger partial charge < -0.3 is 18.9 Å². The van der Waals surface area contributed by atoms with E-state index < -0.39 is 30.4 Å². The van der Waals surface area contributed by atoms with Crippen molar-refractivity contribution in [2.24, 2.45) is 0 Å². The molecule has 0 aromatic heterocycles. The summed E-state index contributed by atoms with van der Waals surface area (Å²) in [5.74, 6) is -0.829. The van der Waals surface area contributed by atoms with Crippen molar-refractivity contribution in [2.75, 3.05) is 7.05 Å². The summed E-state index contributed by atoms with van der Waals surface area (Å²) in [6, 6.07) is 3.78. The van der Waals surface area contributed by atoms with Gasteiger partial charge in [0.05, 0.1) is 11.2 Å². The highest BCUT2D eigenvalue weighted by atomic mass is 19.4. The van der Waals surface area contributed by atoms with Crippen LogP contribution in [0.1, 0.15) is 50.9 Å². The molecule has 1 saturated carbocycles. The maximum absolute atomic E-state index is 12.9. The SMILES string of the molecule is CN(C(=O)c1cc(OC(F)(F)F)ccc1B1OC(C)(C)C(C)(C)O1)C1CC1. The van der Waals surface area contributed by atoms with E-state index in [0.717, 1.165) is 18.9 Å². The molecule has 5 nitrogen and oxygen atoms in total. The fourth-order valence-corrected chi connectivity index (χ4v) is 2.91. The highest BCUT2D eigenvalue weighted by Gasteiger charge is 2.52. The predicted molar refractivity (Wildman–Crippen MR) is 94.0 cm³/mol. The van der Waals surface area contributed by atoms with E-state index >= 15 is 0 Å². The topological polar surface area (TPSA) is 48.0 Å². The zero-order valence-corrected chi connectivity index (χ0v) is 16.0. The minimum atomic E-state index is -4.84. The van der Waals surface area contributed by atoms with Crippen LogP contribution >= 0.6 is 0 Å². The maximum atomic E-state index is 12.9. The molecule has 0 atom stereocenters. The van der Waals surface area contributed by atoms with E-state index in [9.17, 15) is 18.0 Å². The number of alkyl halides is 3. The van der Waals surface area contributed by atoms with E-state index in [1.165, 1.54) is 12.1 Å². The van der Waals surface area contributed by atoms with E-state index in [1.807, 2.05) is 27.7 Å². The minimum Gasteiger partial charge on any atom is -0.406 e. The number of amides is 1. The summed E-state index contributed by atoms with van der Waals surface area (Å²) < 4.78 is 53.8. The lowest BCUT2D eigenvalue weighted by Gasteiger charge is -2.32. The number of nitrogens with zero attached hydrogens (tertiary/aromatic N) is 1. The van der Waals surface area contributed by atoms with Gasteiger partial charge in [-0.25, -0.2) is 0 Å². The van der Waals surface area contributed by atoms with Gasteiger partial charge in [-0.3, -0.25) is 4.79 Å². The van der Waals surface area contributed by atoms with Crippen molar-refractivity contribution >= 4 is 18.5 Å². The highest BCUT2D eigenvalue weighted by Crippen LogP contribution is 2.37. The number of carbonyl (C=O) groups is 1. The zero-order chi connectivity index (χ0) is 20.2. The Kier molecular flexibility index (Phi) is 4.75. The summed E-state index contributed by atoms with van der Waals surface area (Å²) in [7, 11) is 0.784. The lowest BCUT2D eigenvalue weighted by Crippen LogP contribution is -2.41. The molecule has 2 aliphatic rings. The predicted octanol–water partition coefficient (Wildman–Crippen LogP) is 3.12. The summed E-state index contributed by atoms with van der Waals surface area (Å²) in [4.78, 5) is 14.5. The molecule has 1 aromatic rings. The summed E-state index contributed by atoms with van der Waals surface area (Å²) in [6.45, 7) is 7.47. The second-order valence-electron chi connectivity index (χ2n) is 8.03. The van der Waals surface area contributed by atoms with Crippen molar-refractivity contribution < 1.29 is 32.0 Å². The van der Waals surface area contributed by atoms with Crippen LogP contribution in [0.3, 0.4) is 0 Å². The molecule has 0 N–H and O–H groups in total. The number of hydrogen-bond acceptors (Lipinski definition) is 4. The van der Waals surface area contributed by atoms with Crippen LogP contribution < -0.4 is 10.2 Å². The van der Waals surface area contributed by atoms with Gasteiger partial charge in [0, 0.05) is 18.7 Å². The highest BCUT2D eigenvalue weighted by molar-refractivity contribution is 6.63. The molecule has 1 aliphatic heterocycles. The van der Waals surface area contributed by atoms with Gasteiger partial charge in [0.2, 0.25) is 0 Å². The molecular weight excluding hydrogens is 362 g/mol. The molecular formula is C18H23BF3NO4. The number of carbonyl (C=O) groups excluding carboxylic acids is 1. The monoisotopic (exact) mass is 385 g/mol. The van der Waals surface area contributed by atoms with Crippen LogP contribution in [0.25, 0.3) is 0 Å². The van der Waals surface area contributed by atoms with Gasteiger partial charge in [0.1, 0.15) is 5.75 Å². The van der Waals surface area contributed by atoms with Gasteiger partial charge in [0.25, 0.3) is 5.91 Å². The van der Waals surface area contributed by atoms with Crippen LogP contribution in [-0.2, 0) is 9.31 Å². The van der Waals surface area contributed by atoms with Crippen LogP contribution in [0, 0.1) is 0 Å². The molecule has 0 radical (unpaired) electrons. The third-order valence-corrected chi connectivity index (χ3v) is 5.41. The van der Waals surface area contributed by atoms with Gasteiger partial charge >= 0.3 is 13.5 Å². The number of rotatable bonds is 4. The van der Waals surface area contributed by atoms with Crippen LogP contribution in [-0.4, -0.2) is 48.6 Å². The van der Waals surface area contributed by atoms with Crippen molar-refractivity contribution in [3.8, 4) is 5.75 Å². The first kappa shape index (κ1) is 20.0. The molecule has 0 spiro atoms. The van der Waals surface area contributed by atoms with Crippen molar-refractivity contribution in [2.45, 2.75) is 64.1 Å². The largest absolute Gasteiger partial charge is 0.573 e. The summed E-state index contributed by atoms with van der Waals surface area (Å²) in [5, 5.41) is 0. The Morgan fingerprint density at radius 2 is 1.74 bits per heavy atom. The van der Waals surface area contributed by atoms with E-state index in [0.29, 0.717) is 5.46 Å². The first-order chi connectivity index (χ1) is 12.3. The van der Waals surface area contributed by atoms with E-state index in [1.54, 1.807) is 11.9 Å². The molecule has 2 fully saturated rings. The quantitative estimate of drug-likeness (QED) is 0.748. The third kappa shape index (κ3) is 4.08. The minimum absolute atomic E-state index is 0.0876. The van der Waals surface area contributed by atoms with Gasteiger partial charge in [0.15, 0.2) is 0 Å². The van der Waals surface area contributed by atoms with Crippen LogP contribution in [0.5, 0.6) is 5.75 Å². The van der Waals surface area contributed by atoms with E-state index in [-0.39, 0.29) is 17.5 Å². The molecule has 1 aromatic carbocycles. The Hall–Kier alpha value is -1.74. The van der Waals surface area contributed by atoms with Gasteiger partial charge in [-0.05, 0) is 58.1 Å². The Morgan fingerprint density at radius 3 is 2.22 bits per heavy atom. The molecule has 1 heterocycles. The van der Waals surface area contributed by atoms with Gasteiger partial charge in [-0.15, -0.1) is 13.2 Å². The lowest BCUT2D eigenvalue weighted by atomic mass is 9.75. The van der Waals surface area contributed by atoms with Crippen molar-refractivity contribution in [3.63, 3.8) is 0 Å². The molecule has 0 bridgehead atoms. The second-order valence-corrected chi connectivity index (χ2v) is 8.03. The van der Waals surface area contributed by atoms with Crippen LogP contribution in [0.15, 0.2) is 18.2 Å². The van der Waals surface area contributed by atoms with Gasteiger partial charge in [-0.2, -0.15) is 0 Å². The number of halogens is 3. The molecule has 1 amide bonds. The Bertz CT molecular complexity index is 731. The van der Waals surface area contributed by atoms with Crippen LogP contribution in [0.4, 0.5) is 13.2 Å². The average Bonchev–Trinajstić information content (AvgIpc) is 3.32. The van der Waals surface area contributed by atoms with E-state index in [4.69, 9.17) is 9.31 Å². The zero-order valence-electron chi connectivity index (χ0n) is 16.0. The van der Waals surface area contributed by atoms with Crippen molar-refractivity contribution in [3.05, 3.63) is 23.8 Å². The number of benzene rings is 1. The normalized spacial score (nSPS) is 21.3. The second kappa shape index (κ2) is 6.41. The third-order valence-electron chi connectivity index (χ3n) is 5.41. The molecule has 0 unspecified atom stereocenters. The number of hydrogen-bond donors (Lipinski definition) is 0. The molecule has 148 valence electrons. The smallest absolute Gasteiger partial charge is 0.406 e. The lowest BCUT2D eigenvalue weighted by molar-refractivity contribution is -0.274. The summed E-state index contributed by atoms with van der Waals surface area (Å²) in [6.07, 6.45) is -3.08. The van der Waals surface area contributed by atoms with Gasteiger partial charge in [-0.1, -0.05) is 6.07 Å². The molecule has 1 aliphatic carbocycles. The fourth-order valence-electron chi connectivity index (χ4n) is 2.91. The van der Waals surface area contributed by atoms with Crippen LogP contribution in [0.2, 0.25) is 0 Å². The standard InChI is InChI=1S/C18H23BF3NO4/c1-16(2)17(3,4)27-19(26-16)14-9-8-12(25-18(20,21)22)10-13(14)15(24)23(5)11-6-7-11/h8-11H,6-7H2,1-5H3. The van der Waals surface area contributed by atoms with Crippen molar-refractivity contribution in [1.29, 1.82) is 0 Å². The first-order valence-electron chi connectivity index (χ1n) is 8.83. The average molecular weight is 385 g/mol. The Morgan fingerprint density at radius 1 is 1.19 bits per heavy atom. The molecule has 27 heavy (non-hydrogen) atoms. The summed E-state index contributed by atoms with van der Waals surface area (Å²) >= 11 is 0. The molecule has 3 rings (SSSR count). The molecule has 9 heteroatoms. The molecule has 1 saturated heterocycles. The first-order valence-corrected chi connectivity index (χ1v) is 8.83. The maximum Gasteiger partial charge on any atom is 0.573 e. The Balaban J connectivity index is 1.98. The van der Waals surface area contributed by atoms with E-state index in [2.05, 4.69) is 4.74 Å². The fraction of sp³-hybridized carbons (Fsp3) is 0.611. The summed E-state index contributed by atoms with van der Waals surface area (Å²) in [5.41, 5.74) is -0.798. The Labute approximate surface area is 156 Å². The van der Waals surface area contributed by atoms with Crippen molar-refractivity contribution in [1.82, 2.24) is 4.90 Å².